The Kier molecular flexibility index (Phi) is 3.96. The number of carbonyl (C=O) groups is 1. The SMILES string of the molecule is COCCNCc1c(C(=O)O)oc2ccccc12. The van der Waals surface area contributed by atoms with E-state index < -0.39 is 5.97 Å². The van der Waals surface area contributed by atoms with E-state index >= 15 is 0 Å². The van der Waals surface area contributed by atoms with Gasteiger partial charge < -0.3 is 19.6 Å². The number of furan rings is 1. The summed E-state index contributed by atoms with van der Waals surface area (Å²) in [7, 11) is 1.62. The van der Waals surface area contributed by atoms with Gasteiger partial charge in [-0.1, -0.05) is 18.2 Å². The molecule has 0 aliphatic heterocycles. The number of ether oxygens (including phenoxy) is 1. The smallest absolute Gasteiger partial charge is 0.372 e. The molecule has 0 spiro atoms. The van der Waals surface area contributed by atoms with Gasteiger partial charge >= 0.3 is 5.97 Å². The molecule has 0 bridgehead atoms. The minimum Gasteiger partial charge on any atom is -0.475 e. The molecule has 1 heterocycles. The van der Waals surface area contributed by atoms with E-state index in [0.29, 0.717) is 30.8 Å². The van der Waals surface area contributed by atoms with Crippen molar-refractivity contribution in [3.05, 3.63) is 35.6 Å². The third-order valence-electron chi connectivity index (χ3n) is 2.68. The van der Waals surface area contributed by atoms with Crippen molar-refractivity contribution in [2.45, 2.75) is 6.54 Å². The lowest BCUT2D eigenvalue weighted by Gasteiger charge is -2.03. The summed E-state index contributed by atoms with van der Waals surface area (Å²) >= 11 is 0. The summed E-state index contributed by atoms with van der Waals surface area (Å²) in [5.74, 6) is -1.05. The molecule has 0 amide bonds. The van der Waals surface area contributed by atoms with Crippen LogP contribution in [0.2, 0.25) is 0 Å². The molecule has 96 valence electrons. The van der Waals surface area contributed by atoms with E-state index in [-0.39, 0.29) is 5.76 Å². The van der Waals surface area contributed by atoms with E-state index in [0.717, 1.165) is 5.39 Å². The highest BCUT2D eigenvalue weighted by Crippen LogP contribution is 2.25. The molecule has 1 aromatic carbocycles. The average Bonchev–Trinajstić information content (AvgIpc) is 2.74. The van der Waals surface area contributed by atoms with Crippen LogP contribution >= 0.6 is 0 Å². The van der Waals surface area contributed by atoms with Crippen molar-refractivity contribution in [2.75, 3.05) is 20.3 Å². The second kappa shape index (κ2) is 5.66. The Bertz CT molecular complexity index is 547. The highest BCUT2D eigenvalue weighted by molar-refractivity contribution is 5.95. The molecule has 18 heavy (non-hydrogen) atoms. The topological polar surface area (TPSA) is 71.7 Å². The molecular formula is C13H15NO4. The molecule has 0 radical (unpaired) electrons. The van der Waals surface area contributed by atoms with E-state index in [9.17, 15) is 4.79 Å². The van der Waals surface area contributed by atoms with Crippen LogP contribution < -0.4 is 5.32 Å². The molecule has 1 aromatic heterocycles. The lowest BCUT2D eigenvalue weighted by atomic mass is 10.1. The Morgan fingerprint density at radius 2 is 2.22 bits per heavy atom. The van der Waals surface area contributed by atoms with Crippen molar-refractivity contribution in [3.8, 4) is 0 Å². The van der Waals surface area contributed by atoms with Crippen LogP contribution in [0.5, 0.6) is 0 Å². The van der Waals surface area contributed by atoms with Crippen LogP contribution in [0.3, 0.4) is 0 Å². The third-order valence-corrected chi connectivity index (χ3v) is 2.68. The van der Waals surface area contributed by atoms with Crippen molar-refractivity contribution < 1.29 is 19.1 Å². The van der Waals surface area contributed by atoms with E-state index in [2.05, 4.69) is 5.32 Å². The normalized spacial score (nSPS) is 10.9. The van der Waals surface area contributed by atoms with Crippen LogP contribution in [-0.2, 0) is 11.3 Å². The maximum Gasteiger partial charge on any atom is 0.372 e. The summed E-state index contributed by atoms with van der Waals surface area (Å²) in [6.45, 7) is 1.69. The maximum atomic E-state index is 11.1. The first-order valence-electron chi connectivity index (χ1n) is 5.67. The van der Waals surface area contributed by atoms with Crippen LogP contribution in [0.4, 0.5) is 0 Å². The Labute approximate surface area is 104 Å². The molecule has 0 atom stereocenters. The highest BCUT2D eigenvalue weighted by Gasteiger charge is 2.18. The van der Waals surface area contributed by atoms with Gasteiger partial charge in [0.1, 0.15) is 5.58 Å². The van der Waals surface area contributed by atoms with Gasteiger partial charge in [0.25, 0.3) is 0 Å². The quantitative estimate of drug-likeness (QED) is 0.765. The predicted octanol–water partition coefficient (Wildman–Crippen LogP) is 1.87. The molecule has 0 aliphatic rings. The zero-order valence-corrected chi connectivity index (χ0v) is 10.1. The number of aromatic carboxylic acids is 1. The van der Waals surface area contributed by atoms with Crippen molar-refractivity contribution in [2.24, 2.45) is 0 Å². The number of carboxylic acids is 1. The van der Waals surface area contributed by atoms with E-state index in [1.807, 2.05) is 18.2 Å². The van der Waals surface area contributed by atoms with Crippen molar-refractivity contribution in [3.63, 3.8) is 0 Å². The van der Waals surface area contributed by atoms with Crippen molar-refractivity contribution in [1.82, 2.24) is 5.32 Å². The van der Waals surface area contributed by atoms with Gasteiger partial charge in [-0.3, -0.25) is 0 Å². The number of hydrogen-bond acceptors (Lipinski definition) is 4. The zero-order chi connectivity index (χ0) is 13.0. The van der Waals surface area contributed by atoms with E-state index in [1.165, 1.54) is 0 Å². The molecule has 5 heteroatoms. The summed E-state index contributed by atoms with van der Waals surface area (Å²) in [5, 5.41) is 13.1. The molecule has 0 saturated carbocycles. The van der Waals surface area contributed by atoms with Crippen LogP contribution in [-0.4, -0.2) is 31.3 Å². The number of para-hydroxylation sites is 1. The van der Waals surface area contributed by atoms with Gasteiger partial charge in [0.2, 0.25) is 5.76 Å². The number of carboxylic acid groups (broad SMARTS) is 1. The molecule has 0 saturated heterocycles. The fourth-order valence-electron chi connectivity index (χ4n) is 1.83. The first-order valence-corrected chi connectivity index (χ1v) is 5.67. The van der Waals surface area contributed by atoms with Gasteiger partial charge in [0, 0.05) is 31.1 Å². The first-order chi connectivity index (χ1) is 8.74. The number of hydrogen-bond donors (Lipinski definition) is 2. The van der Waals surface area contributed by atoms with Crippen molar-refractivity contribution in [1.29, 1.82) is 0 Å². The number of benzene rings is 1. The first kappa shape index (κ1) is 12.6. The van der Waals surface area contributed by atoms with Gasteiger partial charge in [-0.2, -0.15) is 0 Å². The summed E-state index contributed by atoms with van der Waals surface area (Å²) < 4.78 is 10.3. The molecule has 2 rings (SSSR count). The fourth-order valence-corrected chi connectivity index (χ4v) is 1.83. The molecule has 0 fully saturated rings. The Hall–Kier alpha value is -1.85. The Balaban J connectivity index is 2.27. The third kappa shape index (κ3) is 2.52. The van der Waals surface area contributed by atoms with Crippen LogP contribution in [0.25, 0.3) is 11.0 Å². The summed E-state index contributed by atoms with van der Waals surface area (Å²) in [5.41, 5.74) is 1.27. The van der Waals surface area contributed by atoms with Crippen molar-refractivity contribution >= 4 is 16.9 Å². The fraction of sp³-hybridized carbons (Fsp3) is 0.308. The minimum absolute atomic E-state index is 0.00103. The summed E-state index contributed by atoms with van der Waals surface area (Å²) in [6.07, 6.45) is 0. The summed E-state index contributed by atoms with van der Waals surface area (Å²) in [6, 6.07) is 7.31. The second-order valence-corrected chi connectivity index (χ2v) is 3.88. The second-order valence-electron chi connectivity index (χ2n) is 3.88. The minimum atomic E-state index is -1.05. The zero-order valence-electron chi connectivity index (χ0n) is 10.1. The van der Waals surface area contributed by atoms with Gasteiger partial charge in [-0.15, -0.1) is 0 Å². The van der Waals surface area contributed by atoms with E-state index in [4.69, 9.17) is 14.3 Å². The lowest BCUT2D eigenvalue weighted by Crippen LogP contribution is -2.19. The standard InChI is InChI=1S/C13H15NO4/c1-17-7-6-14-8-10-9-4-2-3-5-11(9)18-12(10)13(15)16/h2-5,14H,6-8H2,1H3,(H,15,16). The van der Waals surface area contributed by atoms with Gasteiger partial charge in [-0.25, -0.2) is 4.79 Å². The average molecular weight is 249 g/mol. The molecule has 2 aromatic rings. The maximum absolute atomic E-state index is 11.1. The number of nitrogens with one attached hydrogen (secondary N) is 1. The summed E-state index contributed by atoms with van der Waals surface area (Å²) in [4.78, 5) is 11.1. The number of methoxy groups -OCH3 is 1. The molecule has 5 nitrogen and oxygen atoms in total. The molecule has 2 N–H and O–H groups in total. The molecule has 0 aliphatic carbocycles. The monoisotopic (exact) mass is 249 g/mol. The van der Waals surface area contributed by atoms with Gasteiger partial charge in [0.15, 0.2) is 0 Å². The lowest BCUT2D eigenvalue weighted by molar-refractivity contribution is 0.0663. The molecule has 0 unspecified atom stereocenters. The van der Waals surface area contributed by atoms with Gasteiger partial charge in [-0.05, 0) is 6.07 Å². The Morgan fingerprint density at radius 1 is 1.44 bits per heavy atom. The van der Waals surface area contributed by atoms with Crippen LogP contribution in [0.15, 0.2) is 28.7 Å². The largest absolute Gasteiger partial charge is 0.475 e. The highest BCUT2D eigenvalue weighted by atomic mass is 16.5. The van der Waals surface area contributed by atoms with Crippen LogP contribution in [0.1, 0.15) is 16.1 Å². The van der Waals surface area contributed by atoms with E-state index in [1.54, 1.807) is 13.2 Å². The number of rotatable bonds is 6. The molecular weight excluding hydrogens is 234 g/mol. The predicted molar refractivity (Wildman–Crippen MR) is 66.8 cm³/mol. The number of fused-ring (bicyclic) bond motifs is 1. The Morgan fingerprint density at radius 3 is 2.94 bits per heavy atom. The van der Waals surface area contributed by atoms with Crippen LogP contribution in [0, 0.1) is 0 Å². The van der Waals surface area contributed by atoms with Gasteiger partial charge in [0.05, 0.1) is 6.61 Å².